The molecule has 1 heterocycles. The normalized spacial score (nSPS) is 21.8. The van der Waals surface area contributed by atoms with Crippen molar-refractivity contribution in [2.45, 2.75) is 18.9 Å². The van der Waals surface area contributed by atoms with E-state index in [-0.39, 0.29) is 11.9 Å². The van der Waals surface area contributed by atoms with Gasteiger partial charge in [0.1, 0.15) is 6.04 Å². The van der Waals surface area contributed by atoms with Crippen molar-refractivity contribution in [2.75, 3.05) is 6.54 Å². The van der Waals surface area contributed by atoms with Gasteiger partial charge in [-0.3, -0.25) is 9.79 Å². The molecule has 3 nitrogen and oxygen atoms in total. The highest BCUT2D eigenvalue weighted by Gasteiger charge is 2.19. The molecule has 1 unspecified atom stereocenters. The maximum absolute atomic E-state index is 11.5. The second-order valence-corrected chi connectivity index (χ2v) is 3.72. The molecule has 1 N–H and O–H groups in total. The van der Waals surface area contributed by atoms with E-state index in [4.69, 9.17) is 0 Å². The number of aliphatic imine (C=N–C) groups is 1. The Morgan fingerprint density at radius 2 is 2.24 bits per heavy atom. The number of rotatable bonds is 5. The van der Waals surface area contributed by atoms with Crippen LogP contribution in [0.2, 0.25) is 0 Å². The fourth-order valence-electron chi connectivity index (χ4n) is 1.48. The lowest BCUT2D eigenvalue weighted by Gasteiger charge is -2.17. The number of carbonyl (C=O) groups is 1. The highest BCUT2D eigenvalue weighted by molar-refractivity contribution is 5.88. The first-order valence-corrected chi connectivity index (χ1v) is 5.70. The molecule has 0 spiro atoms. The van der Waals surface area contributed by atoms with Gasteiger partial charge in [0.15, 0.2) is 0 Å². The highest BCUT2D eigenvalue weighted by atomic mass is 16.2. The first-order chi connectivity index (χ1) is 8.27. The molecule has 1 fully saturated rings. The second kappa shape index (κ2) is 7.39. The summed E-state index contributed by atoms with van der Waals surface area (Å²) in [6.07, 6.45) is 12.4. The van der Waals surface area contributed by atoms with Crippen molar-refractivity contribution in [3.63, 3.8) is 0 Å². The van der Waals surface area contributed by atoms with E-state index in [0.29, 0.717) is 0 Å². The SMILES string of the molecule is C=C/C=C\C=C(/C=C)C=NC1CCCNC1=O. The third-order valence-electron chi connectivity index (χ3n) is 2.43. The van der Waals surface area contributed by atoms with Gasteiger partial charge in [-0.2, -0.15) is 0 Å². The molecule has 0 aromatic heterocycles. The van der Waals surface area contributed by atoms with E-state index >= 15 is 0 Å². The number of nitrogens with one attached hydrogen (secondary N) is 1. The second-order valence-electron chi connectivity index (χ2n) is 3.72. The lowest BCUT2D eigenvalue weighted by Crippen LogP contribution is -2.39. The number of allylic oxidation sites excluding steroid dienone is 6. The molecule has 0 aliphatic carbocycles. The summed E-state index contributed by atoms with van der Waals surface area (Å²) >= 11 is 0. The van der Waals surface area contributed by atoms with Crippen LogP contribution in [0.1, 0.15) is 12.8 Å². The minimum atomic E-state index is -0.254. The lowest BCUT2D eigenvalue weighted by molar-refractivity contribution is -0.123. The van der Waals surface area contributed by atoms with Crippen molar-refractivity contribution in [1.82, 2.24) is 5.32 Å². The smallest absolute Gasteiger partial charge is 0.244 e. The van der Waals surface area contributed by atoms with E-state index in [0.717, 1.165) is 25.0 Å². The number of nitrogens with zero attached hydrogens (tertiary/aromatic N) is 1. The highest BCUT2D eigenvalue weighted by Crippen LogP contribution is 2.07. The average Bonchev–Trinajstić information content (AvgIpc) is 2.35. The molecule has 1 amide bonds. The standard InChI is InChI=1S/C14H18N2O/c1-3-5-6-8-12(4-2)11-16-13-9-7-10-15-14(13)17/h3-6,8,11,13H,1-2,7,9-10H2,(H,15,17)/b6-5-,12-8+,16-11?. The molecule has 17 heavy (non-hydrogen) atoms. The minimum Gasteiger partial charge on any atom is -0.354 e. The molecule has 0 bridgehead atoms. The fourth-order valence-corrected chi connectivity index (χ4v) is 1.48. The summed E-state index contributed by atoms with van der Waals surface area (Å²) in [6.45, 7) is 8.05. The van der Waals surface area contributed by atoms with E-state index in [1.807, 2.05) is 18.2 Å². The molecule has 1 saturated heterocycles. The van der Waals surface area contributed by atoms with Crippen molar-refractivity contribution < 1.29 is 4.79 Å². The zero-order valence-corrected chi connectivity index (χ0v) is 9.93. The Labute approximate surface area is 102 Å². The molecule has 1 aliphatic heterocycles. The maximum atomic E-state index is 11.5. The van der Waals surface area contributed by atoms with E-state index in [2.05, 4.69) is 23.5 Å². The van der Waals surface area contributed by atoms with Crippen LogP contribution in [0.25, 0.3) is 0 Å². The van der Waals surface area contributed by atoms with Gasteiger partial charge < -0.3 is 5.32 Å². The van der Waals surface area contributed by atoms with Crippen LogP contribution in [0.4, 0.5) is 0 Å². The Balaban J connectivity index is 2.63. The molecule has 3 heteroatoms. The van der Waals surface area contributed by atoms with Crippen molar-refractivity contribution in [3.8, 4) is 0 Å². The summed E-state index contributed by atoms with van der Waals surface area (Å²) in [4.78, 5) is 15.7. The molecule has 0 radical (unpaired) electrons. The number of piperidine rings is 1. The van der Waals surface area contributed by atoms with Crippen LogP contribution in [-0.2, 0) is 4.79 Å². The number of carbonyl (C=O) groups excluding carboxylic acids is 1. The van der Waals surface area contributed by atoms with E-state index in [1.54, 1.807) is 18.4 Å². The zero-order chi connectivity index (χ0) is 12.5. The van der Waals surface area contributed by atoms with E-state index in [9.17, 15) is 4.79 Å². The third-order valence-corrected chi connectivity index (χ3v) is 2.43. The fraction of sp³-hybridized carbons (Fsp3) is 0.286. The summed E-state index contributed by atoms with van der Waals surface area (Å²) in [5, 5.41) is 2.80. The number of amides is 1. The summed E-state index contributed by atoms with van der Waals surface area (Å²) in [6, 6.07) is -0.254. The maximum Gasteiger partial charge on any atom is 0.244 e. The molecule has 1 aliphatic rings. The Morgan fingerprint density at radius 3 is 2.88 bits per heavy atom. The predicted molar refractivity (Wildman–Crippen MR) is 72.1 cm³/mol. The van der Waals surface area contributed by atoms with Crippen molar-refractivity contribution in [3.05, 3.63) is 49.1 Å². The predicted octanol–water partition coefficient (Wildman–Crippen LogP) is 2.19. The molecule has 1 atom stereocenters. The largest absolute Gasteiger partial charge is 0.354 e. The molecule has 90 valence electrons. The van der Waals surface area contributed by atoms with Crippen LogP contribution in [0, 0.1) is 0 Å². The van der Waals surface area contributed by atoms with Crippen LogP contribution in [-0.4, -0.2) is 24.7 Å². The molecular weight excluding hydrogens is 212 g/mol. The molecule has 0 aromatic rings. The van der Waals surface area contributed by atoms with Crippen LogP contribution in [0.15, 0.2) is 54.1 Å². The lowest BCUT2D eigenvalue weighted by atomic mass is 10.1. The van der Waals surface area contributed by atoms with Gasteiger partial charge in [0, 0.05) is 12.8 Å². The Hall–Kier alpha value is -1.90. The topological polar surface area (TPSA) is 41.5 Å². The van der Waals surface area contributed by atoms with Gasteiger partial charge in [-0.1, -0.05) is 43.5 Å². The number of hydrogen-bond donors (Lipinski definition) is 1. The van der Waals surface area contributed by atoms with Crippen LogP contribution < -0.4 is 5.32 Å². The quantitative estimate of drug-likeness (QED) is 0.571. The number of hydrogen-bond acceptors (Lipinski definition) is 2. The van der Waals surface area contributed by atoms with Gasteiger partial charge in [0.2, 0.25) is 5.91 Å². The van der Waals surface area contributed by atoms with Crippen molar-refractivity contribution in [1.29, 1.82) is 0 Å². The van der Waals surface area contributed by atoms with Gasteiger partial charge in [0.05, 0.1) is 0 Å². The van der Waals surface area contributed by atoms with Crippen LogP contribution in [0.5, 0.6) is 0 Å². The van der Waals surface area contributed by atoms with Crippen molar-refractivity contribution >= 4 is 12.1 Å². The third kappa shape index (κ3) is 4.64. The summed E-state index contributed by atoms with van der Waals surface area (Å²) in [5.74, 6) is 0.0116. The van der Waals surface area contributed by atoms with Crippen molar-refractivity contribution in [2.24, 2.45) is 4.99 Å². The van der Waals surface area contributed by atoms with Gasteiger partial charge in [-0.05, 0) is 18.4 Å². The Bertz CT molecular complexity index is 378. The van der Waals surface area contributed by atoms with Gasteiger partial charge in [-0.15, -0.1) is 0 Å². The molecular formula is C14H18N2O. The average molecular weight is 230 g/mol. The molecule has 0 aromatic carbocycles. The first-order valence-electron chi connectivity index (χ1n) is 5.70. The Kier molecular flexibility index (Phi) is 5.72. The molecule has 0 saturated carbocycles. The summed E-state index contributed by atoms with van der Waals surface area (Å²) < 4.78 is 0. The zero-order valence-electron chi connectivity index (χ0n) is 9.93. The van der Waals surface area contributed by atoms with Crippen LogP contribution in [0.3, 0.4) is 0 Å². The summed E-state index contributed by atoms with van der Waals surface area (Å²) in [5.41, 5.74) is 0.876. The van der Waals surface area contributed by atoms with Gasteiger partial charge >= 0.3 is 0 Å². The summed E-state index contributed by atoms with van der Waals surface area (Å²) in [7, 11) is 0. The van der Waals surface area contributed by atoms with Gasteiger partial charge in [0.25, 0.3) is 0 Å². The van der Waals surface area contributed by atoms with Gasteiger partial charge in [-0.25, -0.2) is 0 Å². The van der Waals surface area contributed by atoms with E-state index < -0.39 is 0 Å². The Morgan fingerprint density at radius 1 is 1.41 bits per heavy atom. The van der Waals surface area contributed by atoms with Crippen LogP contribution >= 0.6 is 0 Å². The monoisotopic (exact) mass is 230 g/mol. The molecule has 1 rings (SSSR count). The first kappa shape index (κ1) is 13.2. The minimum absolute atomic E-state index is 0.0116. The van der Waals surface area contributed by atoms with E-state index in [1.165, 1.54) is 0 Å².